The Bertz CT molecular complexity index is 63.7. The average Bonchev–Trinajstić information content (AvgIpc) is 1.71. The summed E-state index contributed by atoms with van der Waals surface area (Å²) in [5, 5.41) is 0. The van der Waals surface area contributed by atoms with Crippen LogP contribution < -0.4 is 0 Å². The van der Waals surface area contributed by atoms with Gasteiger partial charge in [-0.05, 0) is 0 Å². The lowest BCUT2D eigenvalue weighted by atomic mass is 10.0. The largest absolute Gasteiger partial charge is 0.141 e. The van der Waals surface area contributed by atoms with Gasteiger partial charge in [0.2, 0.25) is 0 Å². The summed E-state index contributed by atoms with van der Waals surface area (Å²) in [5.41, 5.74) is 0. The van der Waals surface area contributed by atoms with Gasteiger partial charge in [-0.15, -0.1) is 9.18 Å². The molecule has 0 N–H and O–H groups in total. The maximum atomic E-state index is 6.24. The van der Waals surface area contributed by atoms with Crippen LogP contribution in [0.3, 0.4) is 0 Å². The summed E-state index contributed by atoms with van der Waals surface area (Å²) >= 11 is 0. The van der Waals surface area contributed by atoms with E-state index in [0.717, 1.165) is 0 Å². The van der Waals surface area contributed by atoms with Crippen molar-refractivity contribution in [3.05, 3.63) is 0 Å². The molecule has 0 spiro atoms. The van der Waals surface area contributed by atoms with Gasteiger partial charge in [0.15, 0.2) is 0 Å². The van der Waals surface area contributed by atoms with Crippen LogP contribution in [0, 0.1) is 0 Å². The van der Waals surface area contributed by atoms with E-state index in [1.807, 2.05) is 6.66 Å². The normalized spacial score (nSPS) is 22.8. The second-order valence-electron chi connectivity index (χ2n) is 4.24. The molecule has 0 aromatic rings. The van der Waals surface area contributed by atoms with Gasteiger partial charge in [0.25, 0.3) is 0 Å². The molecule has 3 fully saturated rings. The predicted molar refractivity (Wildman–Crippen MR) is 71.0 cm³/mol. The second-order valence-corrected chi connectivity index (χ2v) is 4.24. The average molecular weight is 218 g/mol. The highest BCUT2D eigenvalue weighted by molar-refractivity contribution is 7.15. The van der Waals surface area contributed by atoms with Gasteiger partial charge in [-0.3, -0.25) is 0 Å². The maximum absolute atomic E-state index is 6.24. The molecule has 0 saturated heterocycles. The van der Waals surface area contributed by atoms with Crippen LogP contribution in [-0.2, 0) is 0 Å². The molecular weight excluding hydrogens is 187 g/mol. The van der Waals surface area contributed by atoms with E-state index in [9.17, 15) is 0 Å². The maximum Gasteiger partial charge on any atom is 0.0543 e. The molecule has 0 radical (unpaired) electrons. The molecule has 0 nitrogen and oxygen atoms in total. The molecule has 1 atom stereocenters. The van der Waals surface area contributed by atoms with Crippen molar-refractivity contribution in [1.29, 1.82) is 1.28 Å². The Balaban J connectivity index is 0.000000176. The minimum Gasteiger partial charge on any atom is -0.141 e. The third-order valence-electron chi connectivity index (χ3n) is 3.00. The molecule has 0 aliphatic heterocycles. The molecule has 1 unspecified atom stereocenters. The predicted octanol–water partition coefficient (Wildman–Crippen LogP) is 5.17. The highest BCUT2D eigenvalue weighted by atomic mass is 31.0. The second kappa shape index (κ2) is 13.4. The highest BCUT2D eigenvalue weighted by Crippen LogP contribution is 2.15. The fourth-order valence-electron chi connectivity index (χ4n) is 0.750. The topological polar surface area (TPSA) is 0 Å². The molecule has 3 saturated carbocycles. The minimum atomic E-state index is 0.333. The van der Waals surface area contributed by atoms with Crippen LogP contribution in [0.5, 0.6) is 0 Å². The number of rotatable bonds is 0. The van der Waals surface area contributed by atoms with Crippen LogP contribution in [0.25, 0.3) is 0 Å². The van der Waals surface area contributed by atoms with Gasteiger partial charge in [-0.2, -0.15) is 0 Å². The fraction of sp³-hybridized carbons (Fsp3) is 1.00. The Labute approximate surface area is 94.7 Å². The third-order valence-corrected chi connectivity index (χ3v) is 3.00. The lowest BCUT2D eigenvalue weighted by Crippen LogP contribution is -1.85. The first-order valence-electron chi connectivity index (χ1n) is 7.00. The smallest absolute Gasteiger partial charge is 0.0543 e. The van der Waals surface area contributed by atoms with E-state index < -0.39 is 0 Å². The first-order valence-corrected chi connectivity index (χ1v) is 7.50. The monoisotopic (exact) mass is 218 g/mol. The minimum absolute atomic E-state index is 0.333. The summed E-state index contributed by atoms with van der Waals surface area (Å²) in [7, 11) is 0.333. The SMILES string of the molecule is C1CCC1.C1CCC1.C1CCC1.[3H]PC. The fourth-order valence-corrected chi connectivity index (χ4v) is 0.750. The number of hydrogen-bond acceptors (Lipinski definition) is 0. The zero-order valence-corrected chi connectivity index (χ0v) is 11.0. The van der Waals surface area contributed by atoms with Gasteiger partial charge < -0.3 is 0 Å². The first-order chi connectivity index (χ1) is 7.41. The summed E-state index contributed by atoms with van der Waals surface area (Å²) in [5.74, 6) is 0. The van der Waals surface area contributed by atoms with Crippen molar-refractivity contribution < 1.29 is 0 Å². The molecule has 3 aliphatic rings. The number of hydrogen-bond donors (Lipinski definition) is 0. The summed E-state index contributed by atoms with van der Waals surface area (Å²) in [4.78, 5) is 0. The zero-order valence-electron chi connectivity index (χ0n) is 11.0. The van der Waals surface area contributed by atoms with E-state index in [1.54, 1.807) is 0 Å². The zero-order chi connectivity index (χ0) is 11.2. The molecule has 0 amide bonds. The van der Waals surface area contributed by atoms with Crippen LogP contribution in [0.4, 0.5) is 0 Å². The molecule has 3 aliphatic carbocycles. The Hall–Kier alpha value is 0.430. The first kappa shape index (κ1) is 12.5. The third kappa shape index (κ3) is 10.5. The van der Waals surface area contributed by atoms with E-state index in [2.05, 4.69) is 0 Å². The van der Waals surface area contributed by atoms with Gasteiger partial charge in [0.05, 0.1) is 1.28 Å². The molecule has 1 heteroatoms. The van der Waals surface area contributed by atoms with E-state index in [4.69, 9.17) is 1.28 Å². The van der Waals surface area contributed by atoms with Gasteiger partial charge in [-0.1, -0.05) is 83.7 Å². The van der Waals surface area contributed by atoms with E-state index >= 15 is 0 Å². The molecule has 0 bridgehead atoms. The van der Waals surface area contributed by atoms with Gasteiger partial charge in [0.1, 0.15) is 0 Å². The molecule has 3 rings (SSSR count). The quantitative estimate of drug-likeness (QED) is 0.492. The van der Waals surface area contributed by atoms with Crippen LogP contribution in [0.1, 0.15) is 77.0 Å². The Morgan fingerprint density at radius 3 is 0.643 bits per heavy atom. The van der Waals surface area contributed by atoms with E-state index in [1.165, 1.54) is 77.0 Å². The molecule has 0 heterocycles. The Morgan fingerprint density at radius 1 is 0.571 bits per heavy atom. The van der Waals surface area contributed by atoms with Gasteiger partial charge in [-0.25, -0.2) is 0 Å². The van der Waals surface area contributed by atoms with Crippen LogP contribution >= 0.6 is 9.18 Å². The van der Waals surface area contributed by atoms with E-state index in [0.29, 0.717) is 9.18 Å². The highest BCUT2D eigenvalue weighted by Gasteiger charge is 1.96. The lowest BCUT2D eigenvalue weighted by Gasteiger charge is -2.05. The van der Waals surface area contributed by atoms with Crippen molar-refractivity contribution in [3.63, 3.8) is 0 Å². The molecule has 0 aromatic carbocycles. The Kier molecular flexibility index (Phi) is 12.0. The molecular formula is C13H29P. The van der Waals surface area contributed by atoms with Crippen molar-refractivity contribution in [2.45, 2.75) is 77.0 Å². The summed E-state index contributed by atoms with van der Waals surface area (Å²) in [6.45, 7) is 1.82. The molecule has 14 heavy (non-hydrogen) atoms. The van der Waals surface area contributed by atoms with Crippen LogP contribution in [0.2, 0.25) is 0 Å². The van der Waals surface area contributed by atoms with E-state index in [-0.39, 0.29) is 0 Å². The van der Waals surface area contributed by atoms with Crippen molar-refractivity contribution in [2.24, 2.45) is 0 Å². The van der Waals surface area contributed by atoms with Gasteiger partial charge >= 0.3 is 0 Å². The van der Waals surface area contributed by atoms with Crippen molar-refractivity contribution in [1.82, 2.24) is 0 Å². The summed E-state index contributed by atoms with van der Waals surface area (Å²) < 4.78 is 6.24. The van der Waals surface area contributed by atoms with Gasteiger partial charge in [0, 0.05) is 0 Å². The molecule has 0 aromatic heterocycles. The summed E-state index contributed by atoms with van der Waals surface area (Å²) in [6, 6.07) is 0. The van der Waals surface area contributed by atoms with Crippen molar-refractivity contribution in [3.8, 4) is 0 Å². The Morgan fingerprint density at radius 2 is 0.643 bits per heavy atom. The van der Waals surface area contributed by atoms with Crippen molar-refractivity contribution >= 4 is 9.18 Å². The standard InChI is InChI=1S/3C4H8.CH5P/c3*1-2-4-3-1;1-2/h3*1-4H2;2H2,1H3/i;;;2T. The van der Waals surface area contributed by atoms with Crippen LogP contribution in [0.15, 0.2) is 0 Å². The molecule has 86 valence electrons. The van der Waals surface area contributed by atoms with Crippen molar-refractivity contribution in [2.75, 3.05) is 6.66 Å². The van der Waals surface area contributed by atoms with Crippen LogP contribution in [-0.4, -0.2) is 7.94 Å². The lowest BCUT2D eigenvalue weighted by molar-refractivity contribution is 0.504. The summed E-state index contributed by atoms with van der Waals surface area (Å²) in [6.07, 6.45) is 18.0.